The zero-order chi connectivity index (χ0) is 0. The first kappa shape index (κ1) is 76.0. The fourth-order valence-corrected chi connectivity index (χ4v) is 0. The first-order chi connectivity index (χ1) is 0. The molecular weight excluding hydrogens is 731 g/mol. The van der Waals surface area contributed by atoms with Crippen molar-refractivity contribution in [3.63, 3.8) is 0 Å². The molecule has 0 atom stereocenters. The molecule has 0 heterocycles. The molecule has 0 unspecified atom stereocenters. The van der Waals surface area contributed by atoms with Crippen LogP contribution in [0, 0.1) is 0 Å². The van der Waals surface area contributed by atoms with Crippen LogP contribution in [0.3, 0.4) is 0 Å². The summed E-state index contributed by atoms with van der Waals surface area (Å²) in [6.45, 7) is 0. The van der Waals surface area contributed by atoms with E-state index in [0.717, 1.165) is 0 Å². The molecule has 0 radical (unpaired) electrons. The molecule has 0 saturated carbocycles. The molecule has 0 aromatic carbocycles. The standard InChI is InChI=1S/3Ba.4N.3Sr/q3*+2;4*-3;3*+2. The second-order valence-corrected chi connectivity index (χ2v) is 0. The summed E-state index contributed by atoms with van der Waals surface area (Å²) in [5, 5.41) is 0. The fourth-order valence-electron chi connectivity index (χ4n) is 0. The van der Waals surface area contributed by atoms with Crippen molar-refractivity contribution in [1.82, 2.24) is 0 Å². The van der Waals surface area contributed by atoms with Gasteiger partial charge in [-0.1, -0.05) is 0 Å². The molecule has 0 aromatic heterocycles. The van der Waals surface area contributed by atoms with Crippen molar-refractivity contribution in [1.29, 1.82) is 0 Å². The monoisotopic (exact) mass is 733 g/mol. The summed E-state index contributed by atoms with van der Waals surface area (Å²) in [5.74, 6) is 0. The zero-order valence-corrected chi connectivity index (χ0v) is 29.8. The maximum absolute atomic E-state index is 0. The molecule has 0 aromatic rings. The molecule has 0 aliphatic heterocycles. The normalized spacial score (nSPS) is 0. The van der Waals surface area contributed by atoms with E-state index in [1.54, 1.807) is 0 Å². The van der Waals surface area contributed by atoms with Gasteiger partial charge in [0.05, 0.1) is 0 Å². The average Bonchev–Trinajstić information content (AvgIpc) is 0. The van der Waals surface area contributed by atoms with Crippen LogP contribution < -0.4 is 0 Å². The van der Waals surface area contributed by atoms with E-state index in [2.05, 4.69) is 0 Å². The van der Waals surface area contributed by atoms with Crippen LogP contribution in [0.5, 0.6) is 0 Å². The third kappa shape index (κ3) is 53.7. The maximum Gasteiger partial charge on any atom is 2.00 e. The zero-order valence-electron chi connectivity index (χ0n) is 6.03. The molecule has 0 rings (SSSR count). The van der Waals surface area contributed by atoms with Crippen molar-refractivity contribution in [2.24, 2.45) is 0 Å². The number of rotatable bonds is 0. The Balaban J connectivity index is 0. The summed E-state index contributed by atoms with van der Waals surface area (Å²) in [7, 11) is 0. The van der Waals surface area contributed by atoms with E-state index in [0.29, 0.717) is 0 Å². The summed E-state index contributed by atoms with van der Waals surface area (Å²) < 4.78 is 0. The number of hydrogen-bond donors (Lipinski definition) is 0. The molecule has 0 amide bonds. The van der Waals surface area contributed by atoms with Crippen LogP contribution in [0.25, 0.3) is 24.6 Å². The Bertz CT molecular complexity index is 15.7. The Labute approximate surface area is 296 Å². The minimum absolute atomic E-state index is 0. The molecule has 10 heteroatoms. The van der Waals surface area contributed by atoms with E-state index in [1.165, 1.54) is 0 Å². The van der Waals surface area contributed by atoms with Crippen molar-refractivity contribution in [2.75, 3.05) is 0 Å². The van der Waals surface area contributed by atoms with Gasteiger partial charge in [-0.25, -0.2) is 0 Å². The van der Waals surface area contributed by atoms with Crippen molar-refractivity contribution in [2.45, 2.75) is 0 Å². The van der Waals surface area contributed by atoms with Gasteiger partial charge >= 0.3 is 283 Å². The molecule has 32 valence electrons. The second-order valence-electron chi connectivity index (χ2n) is 0. The van der Waals surface area contributed by atoms with Gasteiger partial charge in [-0.3, -0.25) is 0 Å². The van der Waals surface area contributed by atoms with Crippen LogP contribution in [0.15, 0.2) is 0 Å². The van der Waals surface area contributed by atoms with Crippen LogP contribution in [0.4, 0.5) is 0 Å². The molecule has 0 saturated heterocycles. The predicted molar refractivity (Wildman–Crippen MR) is 48.0 cm³/mol. The van der Waals surface area contributed by atoms with Gasteiger partial charge in [0.25, 0.3) is 0 Å². The fraction of sp³-hybridized carbons (Fsp3) is 0. The predicted octanol–water partition coefficient (Wildman–Crippen LogP) is -1.13. The van der Waals surface area contributed by atoms with Crippen molar-refractivity contribution in [3.05, 3.63) is 24.6 Å². The Hall–Kier alpha value is 9.00. The van der Waals surface area contributed by atoms with Crippen LogP contribution in [0.1, 0.15) is 0 Å². The van der Waals surface area contributed by atoms with Crippen molar-refractivity contribution < 1.29 is 0 Å². The van der Waals surface area contributed by atoms with E-state index >= 15 is 0 Å². The van der Waals surface area contributed by atoms with E-state index in [-0.39, 0.29) is 308 Å². The summed E-state index contributed by atoms with van der Waals surface area (Å²) in [6, 6.07) is 0. The van der Waals surface area contributed by atoms with Gasteiger partial charge in [-0.2, -0.15) is 0 Å². The van der Waals surface area contributed by atoms with E-state index < -0.39 is 0 Å². The molecule has 4 nitrogen and oxygen atoms in total. The summed E-state index contributed by atoms with van der Waals surface area (Å²) in [5.41, 5.74) is 0. The topological polar surface area (TPSA) is 122 Å². The van der Waals surface area contributed by atoms with Crippen molar-refractivity contribution >= 4 is 283 Å². The van der Waals surface area contributed by atoms with Gasteiger partial charge in [0.15, 0.2) is 0 Å². The smallest absolute Gasteiger partial charge is 2.00 e. The first-order valence-corrected chi connectivity index (χ1v) is 0. The Morgan fingerprint density at radius 2 is 0.300 bits per heavy atom. The third-order valence-electron chi connectivity index (χ3n) is 0. The number of hydrogen-bond acceptors (Lipinski definition) is 0. The van der Waals surface area contributed by atoms with Gasteiger partial charge in [0, 0.05) is 0 Å². The summed E-state index contributed by atoms with van der Waals surface area (Å²) in [6.07, 6.45) is 0. The van der Waals surface area contributed by atoms with Gasteiger partial charge in [0.2, 0.25) is 0 Å². The molecule has 10 heavy (non-hydrogen) atoms. The van der Waals surface area contributed by atoms with Gasteiger partial charge < -0.3 is 24.6 Å². The largest absolute Gasteiger partial charge is 3.00 e. The molecule has 0 aliphatic carbocycles. The van der Waals surface area contributed by atoms with Crippen LogP contribution in [-0.2, 0) is 0 Å². The molecule has 0 fully saturated rings. The van der Waals surface area contributed by atoms with Gasteiger partial charge in [-0.05, 0) is 0 Å². The average molecular weight is 731 g/mol. The van der Waals surface area contributed by atoms with Crippen LogP contribution in [-0.4, -0.2) is 283 Å². The minimum atomic E-state index is 0. The summed E-state index contributed by atoms with van der Waals surface area (Å²) in [4.78, 5) is 0. The molecular formula is Ba3N4Sr3. The van der Waals surface area contributed by atoms with E-state index in [1.807, 2.05) is 0 Å². The van der Waals surface area contributed by atoms with E-state index in [9.17, 15) is 0 Å². The number of nitrogens with zero attached hydrogens (tertiary/aromatic N) is 4. The van der Waals surface area contributed by atoms with Crippen LogP contribution >= 0.6 is 0 Å². The Morgan fingerprint density at radius 3 is 0.300 bits per heavy atom. The second kappa shape index (κ2) is 64.2. The minimum Gasteiger partial charge on any atom is -3.00 e. The quantitative estimate of drug-likeness (QED) is 0.281. The van der Waals surface area contributed by atoms with E-state index in [4.69, 9.17) is 0 Å². The SMILES string of the molecule is [Ba+2].[Ba+2].[Ba+2].[N-3].[N-3].[N-3].[N-3].[Sr+2].[Sr+2].[Sr+2]. The summed E-state index contributed by atoms with van der Waals surface area (Å²) >= 11 is 0. The van der Waals surface area contributed by atoms with Crippen LogP contribution in [0.2, 0.25) is 0 Å². The molecule has 0 bridgehead atoms. The Morgan fingerprint density at radius 1 is 0.300 bits per heavy atom. The van der Waals surface area contributed by atoms with Crippen molar-refractivity contribution in [3.8, 4) is 0 Å². The molecule has 0 spiro atoms. The third-order valence-corrected chi connectivity index (χ3v) is 0. The first-order valence-electron chi connectivity index (χ1n) is 0. The van der Waals surface area contributed by atoms with Gasteiger partial charge in [-0.15, -0.1) is 0 Å². The van der Waals surface area contributed by atoms with Gasteiger partial charge in [0.1, 0.15) is 0 Å². The molecule has 0 aliphatic rings. The maximum atomic E-state index is 0. The molecule has 0 N–H and O–H groups in total. The Kier molecular flexibility index (Phi) is 488.